The van der Waals surface area contributed by atoms with Crippen LogP contribution in [0.4, 0.5) is 0 Å². The number of carbonyl (C=O) groups is 1. The Morgan fingerprint density at radius 1 is 1.32 bits per heavy atom. The van der Waals surface area contributed by atoms with E-state index in [4.69, 9.17) is 16.3 Å². The molecule has 2 rings (SSSR count). The molecule has 1 heterocycles. The summed E-state index contributed by atoms with van der Waals surface area (Å²) < 4.78 is 32.4. The lowest BCUT2D eigenvalue weighted by atomic mass is 10.2. The molecule has 0 amide bonds. The molecule has 1 unspecified atom stereocenters. The largest absolute Gasteiger partial charge is 0.466 e. The predicted octanol–water partition coefficient (Wildman–Crippen LogP) is 2.43. The number of nitrogens with one attached hydrogen (secondary N) is 1. The van der Waals surface area contributed by atoms with Gasteiger partial charge < -0.3 is 9.64 Å². The summed E-state index contributed by atoms with van der Waals surface area (Å²) in [5, 5.41) is 0.508. The van der Waals surface area contributed by atoms with Gasteiger partial charge in [0.25, 0.3) is 0 Å². The van der Waals surface area contributed by atoms with Crippen LogP contribution >= 0.6 is 11.6 Å². The van der Waals surface area contributed by atoms with Gasteiger partial charge in [-0.3, -0.25) is 4.79 Å². The third-order valence-corrected chi connectivity index (χ3v) is 5.92. The van der Waals surface area contributed by atoms with Crippen molar-refractivity contribution in [3.63, 3.8) is 0 Å². The molecule has 8 heteroatoms. The van der Waals surface area contributed by atoms with Gasteiger partial charge in [-0.05, 0) is 63.5 Å². The Bertz CT molecular complexity index is 664. The molecule has 140 valence electrons. The Kier molecular flexibility index (Phi) is 7.68. The summed E-state index contributed by atoms with van der Waals surface area (Å²) in [6.07, 6.45) is 2.91. The van der Waals surface area contributed by atoms with Gasteiger partial charge in [0.2, 0.25) is 10.0 Å². The summed E-state index contributed by atoms with van der Waals surface area (Å²) in [5.74, 6) is -0.155. The molecule has 0 spiro atoms. The number of nitrogens with zero attached hydrogens (tertiary/aromatic N) is 1. The number of likely N-dealkylation sites (tertiary alicyclic amines) is 1. The highest BCUT2D eigenvalue weighted by atomic mass is 35.5. The Balaban J connectivity index is 1.73. The average Bonchev–Trinajstić information content (AvgIpc) is 2.99. The maximum absolute atomic E-state index is 12.4. The molecular weight excluding hydrogens is 364 g/mol. The molecule has 1 aliphatic rings. The first-order valence-corrected chi connectivity index (χ1v) is 10.4. The van der Waals surface area contributed by atoms with Crippen LogP contribution in [0, 0.1) is 0 Å². The van der Waals surface area contributed by atoms with Crippen LogP contribution in [0.15, 0.2) is 29.2 Å². The Hall–Kier alpha value is -1.15. The fourth-order valence-electron chi connectivity index (χ4n) is 2.87. The second-order valence-electron chi connectivity index (χ2n) is 6.12. The lowest BCUT2D eigenvalue weighted by Gasteiger charge is -2.16. The van der Waals surface area contributed by atoms with Gasteiger partial charge in [-0.2, -0.15) is 0 Å². The first kappa shape index (κ1) is 20.2. The second kappa shape index (κ2) is 9.52. The standard InChI is InChI=1S/C17H25ClN2O4S/c1-2-24-17(21)5-3-4-11-20-12-10-15(13-20)19-25(22,23)16-8-6-14(18)7-9-16/h6-9,15,19H,2-5,10-13H2,1H3. The molecule has 1 aliphatic heterocycles. The zero-order valence-corrected chi connectivity index (χ0v) is 16.0. The highest BCUT2D eigenvalue weighted by Crippen LogP contribution is 2.17. The minimum absolute atomic E-state index is 0.0919. The first-order chi connectivity index (χ1) is 11.9. The number of unbranched alkanes of at least 4 members (excludes halogenated alkanes) is 1. The normalized spacial score (nSPS) is 18.4. The molecule has 0 aromatic heterocycles. The molecule has 0 saturated carbocycles. The number of halogens is 1. The highest BCUT2D eigenvalue weighted by molar-refractivity contribution is 7.89. The number of sulfonamides is 1. The summed E-state index contributed by atoms with van der Waals surface area (Å²) >= 11 is 5.80. The summed E-state index contributed by atoms with van der Waals surface area (Å²) in [6, 6.07) is 6.06. The summed E-state index contributed by atoms with van der Waals surface area (Å²) in [5.41, 5.74) is 0. The van der Waals surface area contributed by atoms with Crippen molar-refractivity contribution < 1.29 is 17.9 Å². The molecular formula is C17H25ClN2O4S. The van der Waals surface area contributed by atoms with Crippen molar-refractivity contribution in [1.29, 1.82) is 0 Å². The molecule has 1 atom stereocenters. The fourth-order valence-corrected chi connectivity index (χ4v) is 4.26. The van der Waals surface area contributed by atoms with Crippen molar-refractivity contribution in [2.75, 3.05) is 26.2 Å². The quantitative estimate of drug-likeness (QED) is 0.519. The van der Waals surface area contributed by atoms with Gasteiger partial charge in [-0.1, -0.05) is 11.6 Å². The van der Waals surface area contributed by atoms with Gasteiger partial charge in [0, 0.05) is 24.0 Å². The van der Waals surface area contributed by atoms with E-state index in [1.807, 2.05) is 0 Å². The molecule has 1 fully saturated rings. The highest BCUT2D eigenvalue weighted by Gasteiger charge is 2.26. The Morgan fingerprint density at radius 2 is 2.04 bits per heavy atom. The van der Waals surface area contributed by atoms with Crippen molar-refractivity contribution >= 4 is 27.6 Å². The summed E-state index contributed by atoms with van der Waals surface area (Å²) in [4.78, 5) is 13.7. The maximum atomic E-state index is 12.4. The lowest BCUT2D eigenvalue weighted by molar-refractivity contribution is -0.143. The first-order valence-electron chi connectivity index (χ1n) is 8.56. The summed E-state index contributed by atoms with van der Waals surface area (Å²) in [6.45, 7) is 4.62. The van der Waals surface area contributed by atoms with Crippen LogP contribution in [-0.4, -0.2) is 51.6 Å². The number of carbonyl (C=O) groups excluding carboxylic acids is 1. The molecule has 1 N–H and O–H groups in total. The second-order valence-corrected chi connectivity index (χ2v) is 8.27. The number of hydrogen-bond acceptors (Lipinski definition) is 5. The van der Waals surface area contributed by atoms with E-state index in [1.165, 1.54) is 12.1 Å². The molecule has 25 heavy (non-hydrogen) atoms. The van der Waals surface area contributed by atoms with Crippen LogP contribution < -0.4 is 4.72 Å². The van der Waals surface area contributed by atoms with Crippen LogP contribution in [0.2, 0.25) is 5.02 Å². The van der Waals surface area contributed by atoms with Gasteiger partial charge in [0.15, 0.2) is 0 Å². The van der Waals surface area contributed by atoms with E-state index in [-0.39, 0.29) is 16.9 Å². The van der Waals surface area contributed by atoms with E-state index in [9.17, 15) is 13.2 Å². The number of ether oxygens (including phenoxy) is 1. The zero-order valence-electron chi connectivity index (χ0n) is 14.4. The zero-order chi connectivity index (χ0) is 18.3. The number of hydrogen-bond donors (Lipinski definition) is 1. The van der Waals surface area contributed by atoms with Crippen molar-refractivity contribution in [2.45, 2.75) is 43.5 Å². The van der Waals surface area contributed by atoms with Crippen molar-refractivity contribution in [2.24, 2.45) is 0 Å². The van der Waals surface area contributed by atoms with Crippen molar-refractivity contribution in [3.8, 4) is 0 Å². The average molecular weight is 389 g/mol. The Morgan fingerprint density at radius 3 is 2.72 bits per heavy atom. The van der Waals surface area contributed by atoms with Crippen LogP contribution in [0.5, 0.6) is 0 Å². The molecule has 6 nitrogen and oxygen atoms in total. The Labute approximate surface area is 154 Å². The maximum Gasteiger partial charge on any atom is 0.305 e. The van der Waals surface area contributed by atoms with Crippen molar-refractivity contribution in [3.05, 3.63) is 29.3 Å². The minimum atomic E-state index is -3.52. The summed E-state index contributed by atoms with van der Waals surface area (Å²) in [7, 11) is -3.52. The van der Waals surface area contributed by atoms with Gasteiger partial charge in [-0.15, -0.1) is 0 Å². The SMILES string of the molecule is CCOC(=O)CCCCN1CCC(NS(=O)(=O)c2ccc(Cl)cc2)C1. The molecule has 1 aromatic rings. The van der Waals surface area contributed by atoms with Crippen molar-refractivity contribution in [1.82, 2.24) is 9.62 Å². The van der Waals surface area contributed by atoms with Gasteiger partial charge >= 0.3 is 5.97 Å². The lowest BCUT2D eigenvalue weighted by Crippen LogP contribution is -2.37. The van der Waals surface area contributed by atoms with Crippen LogP contribution in [-0.2, 0) is 19.6 Å². The monoisotopic (exact) mass is 388 g/mol. The molecule has 1 saturated heterocycles. The molecule has 1 aromatic carbocycles. The van der Waals surface area contributed by atoms with Crippen LogP contribution in [0.3, 0.4) is 0 Å². The van der Waals surface area contributed by atoms with E-state index < -0.39 is 10.0 Å². The third kappa shape index (κ3) is 6.58. The smallest absolute Gasteiger partial charge is 0.305 e. The van der Waals surface area contributed by atoms with Gasteiger partial charge in [0.05, 0.1) is 11.5 Å². The predicted molar refractivity (Wildman–Crippen MR) is 97.1 cm³/mol. The minimum Gasteiger partial charge on any atom is -0.466 e. The van der Waals surface area contributed by atoms with E-state index in [0.29, 0.717) is 24.6 Å². The van der Waals surface area contributed by atoms with E-state index in [2.05, 4.69) is 9.62 Å². The van der Waals surface area contributed by atoms with Gasteiger partial charge in [-0.25, -0.2) is 13.1 Å². The van der Waals surface area contributed by atoms with Crippen LogP contribution in [0.1, 0.15) is 32.6 Å². The topological polar surface area (TPSA) is 75.7 Å². The molecule has 0 aliphatic carbocycles. The third-order valence-electron chi connectivity index (χ3n) is 4.13. The number of rotatable bonds is 9. The van der Waals surface area contributed by atoms with Gasteiger partial charge in [0.1, 0.15) is 0 Å². The van der Waals surface area contributed by atoms with E-state index in [0.717, 1.165) is 32.4 Å². The van der Waals surface area contributed by atoms with E-state index in [1.54, 1.807) is 19.1 Å². The van der Waals surface area contributed by atoms with Crippen LogP contribution in [0.25, 0.3) is 0 Å². The van der Waals surface area contributed by atoms with E-state index >= 15 is 0 Å². The molecule has 0 radical (unpaired) electrons. The number of benzene rings is 1. The molecule has 0 bridgehead atoms. The number of esters is 1. The fraction of sp³-hybridized carbons (Fsp3) is 0.588.